The van der Waals surface area contributed by atoms with E-state index >= 15 is 0 Å². The predicted molar refractivity (Wildman–Crippen MR) is 109 cm³/mol. The Kier molecular flexibility index (Phi) is 5.91. The maximum atomic E-state index is 12.6. The van der Waals surface area contributed by atoms with Crippen molar-refractivity contribution >= 4 is 17.4 Å². The van der Waals surface area contributed by atoms with Crippen molar-refractivity contribution in [2.45, 2.75) is 6.61 Å². The second-order valence-electron chi connectivity index (χ2n) is 6.07. The van der Waals surface area contributed by atoms with E-state index in [1.54, 1.807) is 31.4 Å². The molecule has 4 N–H and O–H groups in total. The van der Waals surface area contributed by atoms with Crippen LogP contribution < -0.4 is 20.5 Å². The molecule has 3 rings (SSSR count). The molecule has 0 spiro atoms. The molecule has 0 radical (unpaired) electrons. The summed E-state index contributed by atoms with van der Waals surface area (Å²) >= 11 is 0. The average molecular weight is 375 g/mol. The normalized spacial score (nSPS) is 10.2. The number of hydrogen-bond acceptors (Lipinski definition) is 4. The Balaban J connectivity index is 1.71. The van der Waals surface area contributed by atoms with Gasteiger partial charge in [-0.2, -0.15) is 0 Å². The first-order chi connectivity index (χ1) is 13.6. The number of anilines is 1. The third-order valence-electron chi connectivity index (χ3n) is 4.16. The summed E-state index contributed by atoms with van der Waals surface area (Å²) in [4.78, 5) is 12.6. The Morgan fingerprint density at radius 2 is 1.64 bits per heavy atom. The number of carbonyl (C=O) groups excluding carboxylic acids is 1. The van der Waals surface area contributed by atoms with Crippen molar-refractivity contribution < 1.29 is 14.3 Å². The number of ether oxygens (including phenoxy) is 2. The minimum Gasteiger partial charge on any atom is -0.497 e. The molecule has 0 fully saturated rings. The average Bonchev–Trinajstić information content (AvgIpc) is 2.73. The van der Waals surface area contributed by atoms with Crippen LogP contribution >= 0.6 is 0 Å². The third-order valence-corrected chi connectivity index (χ3v) is 4.16. The molecule has 0 saturated carbocycles. The molecule has 0 aliphatic heterocycles. The molecule has 6 nitrogen and oxygen atoms in total. The van der Waals surface area contributed by atoms with Crippen molar-refractivity contribution in [1.82, 2.24) is 0 Å². The molecule has 0 atom stereocenters. The first-order valence-electron chi connectivity index (χ1n) is 8.67. The molecule has 3 aromatic rings. The Bertz CT molecular complexity index is 984. The summed E-state index contributed by atoms with van der Waals surface area (Å²) < 4.78 is 11.0. The van der Waals surface area contributed by atoms with Crippen LogP contribution in [0.2, 0.25) is 0 Å². The molecule has 142 valence electrons. The summed E-state index contributed by atoms with van der Waals surface area (Å²) in [6.45, 7) is 0.302. The van der Waals surface area contributed by atoms with E-state index in [-0.39, 0.29) is 11.7 Å². The summed E-state index contributed by atoms with van der Waals surface area (Å²) in [5, 5.41) is 10.4. The SMILES string of the molecule is COc1ccc(OCc2ccccc2NC(=O)c2cccc(C(=N)N)c2)cc1. The molecule has 28 heavy (non-hydrogen) atoms. The van der Waals surface area contributed by atoms with Crippen molar-refractivity contribution in [3.8, 4) is 11.5 Å². The van der Waals surface area contributed by atoms with E-state index < -0.39 is 0 Å². The van der Waals surface area contributed by atoms with Crippen molar-refractivity contribution in [1.29, 1.82) is 5.41 Å². The van der Waals surface area contributed by atoms with Crippen LogP contribution in [0.4, 0.5) is 5.69 Å². The minimum atomic E-state index is -0.278. The van der Waals surface area contributed by atoms with E-state index in [1.165, 1.54) is 0 Å². The van der Waals surface area contributed by atoms with Gasteiger partial charge < -0.3 is 20.5 Å². The zero-order chi connectivity index (χ0) is 19.9. The third kappa shape index (κ3) is 4.67. The van der Waals surface area contributed by atoms with Gasteiger partial charge in [-0.25, -0.2) is 0 Å². The van der Waals surface area contributed by atoms with Crippen LogP contribution in [-0.2, 0) is 6.61 Å². The lowest BCUT2D eigenvalue weighted by Gasteiger charge is -2.13. The second kappa shape index (κ2) is 8.73. The molecule has 0 aromatic heterocycles. The van der Waals surface area contributed by atoms with Gasteiger partial charge in [-0.15, -0.1) is 0 Å². The summed E-state index contributed by atoms with van der Waals surface area (Å²) in [7, 11) is 1.61. The summed E-state index contributed by atoms with van der Waals surface area (Å²) in [5.74, 6) is 1.10. The first kappa shape index (κ1) is 19.0. The molecule has 0 heterocycles. The molecular weight excluding hydrogens is 354 g/mol. The quantitative estimate of drug-likeness (QED) is 0.432. The lowest BCUT2D eigenvalue weighted by Crippen LogP contribution is -2.16. The van der Waals surface area contributed by atoms with Crippen LogP contribution in [0.5, 0.6) is 11.5 Å². The van der Waals surface area contributed by atoms with Gasteiger partial charge >= 0.3 is 0 Å². The van der Waals surface area contributed by atoms with Crippen LogP contribution in [0.15, 0.2) is 72.8 Å². The highest BCUT2D eigenvalue weighted by Crippen LogP contribution is 2.21. The number of methoxy groups -OCH3 is 1. The minimum absolute atomic E-state index is 0.0806. The first-order valence-corrected chi connectivity index (χ1v) is 8.67. The monoisotopic (exact) mass is 375 g/mol. The second-order valence-corrected chi connectivity index (χ2v) is 6.07. The van der Waals surface area contributed by atoms with Gasteiger partial charge in [0.15, 0.2) is 0 Å². The molecule has 0 aliphatic carbocycles. The largest absolute Gasteiger partial charge is 0.497 e. The number of nitrogens with two attached hydrogens (primary N) is 1. The molecule has 6 heteroatoms. The van der Waals surface area contributed by atoms with Gasteiger partial charge in [0.1, 0.15) is 23.9 Å². The summed E-state index contributed by atoms with van der Waals surface area (Å²) in [6.07, 6.45) is 0. The van der Waals surface area contributed by atoms with Crippen molar-refractivity contribution in [3.63, 3.8) is 0 Å². The van der Waals surface area contributed by atoms with Crippen molar-refractivity contribution in [3.05, 3.63) is 89.5 Å². The smallest absolute Gasteiger partial charge is 0.255 e. The summed E-state index contributed by atoms with van der Waals surface area (Å²) in [6, 6.07) is 21.4. The van der Waals surface area contributed by atoms with Gasteiger partial charge in [-0.3, -0.25) is 10.2 Å². The van der Waals surface area contributed by atoms with Gasteiger partial charge in [0.05, 0.1) is 7.11 Å². The molecule has 0 aliphatic rings. The van der Waals surface area contributed by atoms with Gasteiger partial charge in [0.25, 0.3) is 5.91 Å². The van der Waals surface area contributed by atoms with Crippen LogP contribution in [0.25, 0.3) is 0 Å². The zero-order valence-electron chi connectivity index (χ0n) is 15.4. The molecule has 1 amide bonds. The molecule has 0 bridgehead atoms. The Morgan fingerprint density at radius 1 is 0.964 bits per heavy atom. The van der Waals surface area contributed by atoms with Crippen molar-refractivity contribution in [2.75, 3.05) is 12.4 Å². The lowest BCUT2D eigenvalue weighted by atomic mass is 10.1. The van der Waals surface area contributed by atoms with Gasteiger partial charge in [-0.05, 0) is 42.5 Å². The van der Waals surface area contributed by atoms with E-state index in [4.69, 9.17) is 20.6 Å². The van der Waals surface area contributed by atoms with E-state index in [1.807, 2.05) is 48.5 Å². The van der Waals surface area contributed by atoms with E-state index in [0.717, 1.165) is 11.3 Å². The van der Waals surface area contributed by atoms with Crippen LogP contribution in [0.3, 0.4) is 0 Å². The number of para-hydroxylation sites is 1. The predicted octanol–water partition coefficient (Wildman–Crippen LogP) is 3.81. The topological polar surface area (TPSA) is 97.4 Å². The molecular formula is C22H21N3O3. The fourth-order valence-electron chi connectivity index (χ4n) is 2.62. The highest BCUT2D eigenvalue weighted by Gasteiger charge is 2.11. The van der Waals surface area contributed by atoms with Crippen LogP contribution in [0.1, 0.15) is 21.5 Å². The number of nitrogens with one attached hydrogen (secondary N) is 2. The van der Waals surface area contributed by atoms with Crippen molar-refractivity contribution in [2.24, 2.45) is 5.73 Å². The number of nitrogen functional groups attached to an aromatic ring is 1. The Hall–Kier alpha value is -3.80. The number of amides is 1. The van der Waals surface area contributed by atoms with Gasteiger partial charge in [-0.1, -0.05) is 30.3 Å². The lowest BCUT2D eigenvalue weighted by molar-refractivity contribution is 0.102. The van der Waals surface area contributed by atoms with Crippen LogP contribution in [0, 0.1) is 5.41 Å². The maximum absolute atomic E-state index is 12.6. The molecule has 3 aromatic carbocycles. The number of carbonyl (C=O) groups is 1. The van der Waals surface area contributed by atoms with E-state index in [9.17, 15) is 4.79 Å². The highest BCUT2D eigenvalue weighted by molar-refractivity contribution is 6.06. The maximum Gasteiger partial charge on any atom is 0.255 e. The Labute approximate surface area is 163 Å². The number of benzene rings is 3. The number of rotatable bonds is 7. The van der Waals surface area contributed by atoms with E-state index in [0.29, 0.717) is 29.2 Å². The standard InChI is InChI=1S/C22H21N3O3/c1-27-18-9-11-19(12-10-18)28-14-17-5-2-3-8-20(17)25-22(26)16-7-4-6-15(13-16)21(23)24/h2-13H,14H2,1H3,(H3,23,24)(H,25,26). The van der Waals surface area contributed by atoms with Gasteiger partial charge in [0, 0.05) is 22.4 Å². The fraction of sp³-hybridized carbons (Fsp3) is 0.0909. The zero-order valence-corrected chi connectivity index (χ0v) is 15.4. The number of amidine groups is 1. The van der Waals surface area contributed by atoms with Gasteiger partial charge in [0.2, 0.25) is 0 Å². The Morgan fingerprint density at radius 3 is 2.36 bits per heavy atom. The fourth-order valence-corrected chi connectivity index (χ4v) is 2.62. The molecule has 0 unspecified atom stereocenters. The van der Waals surface area contributed by atoms with Crippen LogP contribution in [-0.4, -0.2) is 18.9 Å². The molecule has 0 saturated heterocycles. The number of hydrogen-bond donors (Lipinski definition) is 3. The summed E-state index contributed by atoms with van der Waals surface area (Å²) in [5.41, 5.74) is 7.94. The van der Waals surface area contributed by atoms with E-state index in [2.05, 4.69) is 5.32 Å². The highest BCUT2D eigenvalue weighted by atomic mass is 16.5.